The number of esters is 1. The number of carbonyl (C=O) groups excluding carboxylic acids is 2. The summed E-state index contributed by atoms with van der Waals surface area (Å²) in [7, 11) is 3.07. The Morgan fingerprint density at radius 3 is 2.13 bits per heavy atom. The Balaban J connectivity index is 1.58. The van der Waals surface area contributed by atoms with Crippen molar-refractivity contribution >= 4 is 33.9 Å². The van der Waals surface area contributed by atoms with E-state index in [-0.39, 0.29) is 36.6 Å². The minimum absolute atomic E-state index is 0.0419. The average Bonchev–Trinajstić information content (AvgIpc) is 3.04. The number of H-pyrrole nitrogens is 1. The van der Waals surface area contributed by atoms with Gasteiger partial charge in [0, 0.05) is 41.5 Å². The van der Waals surface area contributed by atoms with Gasteiger partial charge in [0.25, 0.3) is 11.1 Å². The van der Waals surface area contributed by atoms with Crippen molar-refractivity contribution < 1.29 is 23.8 Å². The maximum atomic E-state index is 14.2. The van der Waals surface area contributed by atoms with E-state index < -0.39 is 22.2 Å². The van der Waals surface area contributed by atoms with Gasteiger partial charge in [0.15, 0.2) is 0 Å². The van der Waals surface area contributed by atoms with E-state index in [1.54, 1.807) is 42.3 Å². The standard InChI is InChI=1S/C40H55N5O7/c1-24(2)15-16-44(31(46)21-45-30-20-26(50-11)13-14-28(30)41-35(37(45)49)39(6,7)8)22-40(9,10)23-52-32(47)18-25-17-27(51-12)19-29-33(25)43-34(36(48)42-29)38(3,4)5/h13-14,17,19-20,24H,15-16,18,21-23H2,1-12H3,(H,42,48). The van der Waals surface area contributed by atoms with Crippen LogP contribution in [-0.4, -0.2) is 70.2 Å². The average molecular weight is 718 g/mol. The molecule has 0 aliphatic rings. The molecule has 282 valence electrons. The SMILES string of the molecule is COc1cc(CC(=O)OCC(C)(C)CN(CCC(C)C)C(=O)Cn2c(=O)c(C(C)(C)C)nc3ccc(OC)cc32)c2nc(C(C)(C)C)c(=O)[nH]c2c1. The van der Waals surface area contributed by atoms with Crippen LogP contribution < -0.4 is 20.6 Å². The molecule has 0 fully saturated rings. The molecule has 4 aromatic rings. The van der Waals surface area contributed by atoms with Crippen molar-refractivity contribution in [2.45, 2.75) is 99.5 Å². The molecule has 0 atom stereocenters. The number of benzene rings is 2. The van der Waals surface area contributed by atoms with Crippen LogP contribution in [0.3, 0.4) is 0 Å². The fourth-order valence-electron chi connectivity index (χ4n) is 5.98. The third-order valence-electron chi connectivity index (χ3n) is 8.86. The van der Waals surface area contributed by atoms with Gasteiger partial charge in [-0.05, 0) is 36.1 Å². The summed E-state index contributed by atoms with van der Waals surface area (Å²) >= 11 is 0. The Morgan fingerprint density at radius 2 is 1.54 bits per heavy atom. The van der Waals surface area contributed by atoms with Crippen LogP contribution in [0.4, 0.5) is 0 Å². The highest BCUT2D eigenvalue weighted by molar-refractivity contribution is 5.85. The third kappa shape index (κ3) is 9.57. The van der Waals surface area contributed by atoms with Crippen LogP contribution in [0.2, 0.25) is 0 Å². The number of aromatic nitrogens is 4. The number of rotatable bonds is 13. The lowest BCUT2D eigenvalue weighted by atomic mass is 9.92. The molecule has 0 unspecified atom stereocenters. The molecule has 2 aromatic carbocycles. The highest BCUT2D eigenvalue weighted by atomic mass is 16.5. The van der Waals surface area contributed by atoms with Crippen molar-refractivity contribution in [3.63, 3.8) is 0 Å². The van der Waals surface area contributed by atoms with Crippen molar-refractivity contribution in [3.8, 4) is 11.5 Å². The lowest BCUT2D eigenvalue weighted by Crippen LogP contribution is -2.45. The number of nitrogens with one attached hydrogen (secondary N) is 1. The number of methoxy groups -OCH3 is 2. The van der Waals surface area contributed by atoms with Crippen LogP contribution in [0, 0.1) is 11.3 Å². The summed E-state index contributed by atoms with van der Waals surface area (Å²) in [5.41, 5.74) is 1.07. The molecular weight excluding hydrogens is 662 g/mol. The molecule has 2 aromatic heterocycles. The van der Waals surface area contributed by atoms with Gasteiger partial charge in [-0.1, -0.05) is 69.2 Å². The first-order valence-corrected chi connectivity index (χ1v) is 17.8. The number of carbonyl (C=O) groups is 2. The molecule has 0 aliphatic carbocycles. The van der Waals surface area contributed by atoms with Gasteiger partial charge < -0.3 is 24.1 Å². The number of aromatic amines is 1. The van der Waals surface area contributed by atoms with Gasteiger partial charge in [0.1, 0.15) is 29.4 Å². The van der Waals surface area contributed by atoms with Crippen LogP contribution in [0.25, 0.3) is 22.1 Å². The number of ether oxygens (including phenoxy) is 3. The Morgan fingerprint density at radius 1 is 0.885 bits per heavy atom. The zero-order valence-electron chi connectivity index (χ0n) is 32.9. The molecule has 12 heteroatoms. The van der Waals surface area contributed by atoms with Gasteiger partial charge in [-0.25, -0.2) is 9.97 Å². The van der Waals surface area contributed by atoms with Gasteiger partial charge >= 0.3 is 5.97 Å². The summed E-state index contributed by atoms with van der Waals surface area (Å²) in [6, 6.07) is 8.72. The van der Waals surface area contributed by atoms with E-state index in [0.717, 1.165) is 6.42 Å². The summed E-state index contributed by atoms with van der Waals surface area (Å²) in [5.74, 6) is 0.655. The van der Waals surface area contributed by atoms with Crippen molar-refractivity contribution in [2.24, 2.45) is 11.3 Å². The second-order valence-electron chi connectivity index (χ2n) is 16.8. The van der Waals surface area contributed by atoms with Gasteiger partial charge in [0.2, 0.25) is 5.91 Å². The molecule has 0 bridgehead atoms. The highest BCUT2D eigenvalue weighted by Crippen LogP contribution is 2.27. The monoisotopic (exact) mass is 717 g/mol. The fourth-order valence-corrected chi connectivity index (χ4v) is 5.98. The van der Waals surface area contributed by atoms with E-state index in [0.29, 0.717) is 69.5 Å². The molecule has 4 rings (SSSR count). The van der Waals surface area contributed by atoms with E-state index in [4.69, 9.17) is 14.2 Å². The normalized spacial score (nSPS) is 12.4. The molecule has 52 heavy (non-hydrogen) atoms. The summed E-state index contributed by atoms with van der Waals surface area (Å²) in [6.07, 6.45) is 0.656. The lowest BCUT2D eigenvalue weighted by molar-refractivity contribution is -0.146. The number of hydrogen-bond acceptors (Lipinski definition) is 9. The summed E-state index contributed by atoms with van der Waals surface area (Å²) < 4.78 is 18.2. The number of hydrogen-bond donors (Lipinski definition) is 1. The summed E-state index contributed by atoms with van der Waals surface area (Å²) in [5, 5.41) is 0. The lowest BCUT2D eigenvalue weighted by Gasteiger charge is -2.33. The molecule has 0 spiro atoms. The number of amides is 1. The van der Waals surface area contributed by atoms with Crippen LogP contribution in [-0.2, 0) is 38.1 Å². The quantitative estimate of drug-likeness (QED) is 0.166. The van der Waals surface area contributed by atoms with E-state index in [1.807, 2.05) is 55.4 Å². The number of nitrogens with zero attached hydrogens (tertiary/aromatic N) is 4. The van der Waals surface area contributed by atoms with E-state index in [9.17, 15) is 19.2 Å². The number of fused-ring (bicyclic) bond motifs is 2. The Bertz CT molecular complexity index is 2070. The van der Waals surface area contributed by atoms with Crippen LogP contribution >= 0.6 is 0 Å². The summed E-state index contributed by atoms with van der Waals surface area (Å²) in [4.78, 5) is 68.2. The van der Waals surface area contributed by atoms with Crippen LogP contribution in [0.15, 0.2) is 39.9 Å². The largest absolute Gasteiger partial charge is 0.497 e. The Labute approximate surface area is 305 Å². The second kappa shape index (κ2) is 15.5. The molecule has 0 radical (unpaired) electrons. The van der Waals surface area contributed by atoms with E-state index in [2.05, 4.69) is 28.8 Å². The molecule has 0 saturated carbocycles. The highest BCUT2D eigenvalue weighted by Gasteiger charge is 2.30. The molecule has 1 N–H and O–H groups in total. The van der Waals surface area contributed by atoms with E-state index in [1.165, 1.54) is 11.7 Å². The molecular formula is C40H55N5O7. The molecule has 1 amide bonds. The van der Waals surface area contributed by atoms with Crippen LogP contribution in [0.1, 0.15) is 92.6 Å². The van der Waals surface area contributed by atoms with E-state index >= 15 is 0 Å². The fraction of sp³-hybridized carbons (Fsp3) is 0.550. The Kier molecular flexibility index (Phi) is 11.9. The topological polar surface area (TPSA) is 146 Å². The van der Waals surface area contributed by atoms with Gasteiger partial charge in [-0.2, -0.15) is 0 Å². The Hall–Kier alpha value is -4.74. The third-order valence-corrected chi connectivity index (χ3v) is 8.86. The second-order valence-corrected chi connectivity index (χ2v) is 16.8. The first kappa shape index (κ1) is 40.0. The minimum Gasteiger partial charge on any atom is -0.497 e. The van der Waals surface area contributed by atoms with Gasteiger partial charge in [-0.15, -0.1) is 0 Å². The van der Waals surface area contributed by atoms with Crippen molar-refractivity contribution in [1.82, 2.24) is 24.4 Å². The molecule has 0 aliphatic heterocycles. The maximum absolute atomic E-state index is 14.2. The van der Waals surface area contributed by atoms with Gasteiger partial charge in [0.05, 0.1) is 49.3 Å². The first-order chi connectivity index (χ1) is 24.1. The van der Waals surface area contributed by atoms with Crippen molar-refractivity contribution in [3.05, 3.63) is 68.0 Å². The van der Waals surface area contributed by atoms with Crippen molar-refractivity contribution in [1.29, 1.82) is 0 Å². The molecule has 0 saturated heterocycles. The van der Waals surface area contributed by atoms with Crippen molar-refractivity contribution in [2.75, 3.05) is 33.9 Å². The predicted octanol–water partition coefficient (Wildman–Crippen LogP) is 5.93. The molecule has 2 heterocycles. The molecule has 12 nitrogen and oxygen atoms in total. The zero-order valence-corrected chi connectivity index (χ0v) is 32.9. The zero-order chi connectivity index (χ0) is 38.8. The summed E-state index contributed by atoms with van der Waals surface area (Å²) in [6.45, 7) is 20.2. The first-order valence-electron chi connectivity index (χ1n) is 17.8. The smallest absolute Gasteiger partial charge is 0.310 e. The predicted molar refractivity (Wildman–Crippen MR) is 203 cm³/mol. The minimum atomic E-state index is -0.632. The van der Waals surface area contributed by atoms with Crippen LogP contribution in [0.5, 0.6) is 11.5 Å². The van der Waals surface area contributed by atoms with Gasteiger partial charge in [-0.3, -0.25) is 23.7 Å². The maximum Gasteiger partial charge on any atom is 0.310 e.